The second-order valence-electron chi connectivity index (χ2n) is 5.84. The Hall–Kier alpha value is -2.26. The van der Waals surface area contributed by atoms with E-state index in [2.05, 4.69) is 37.4 Å². The van der Waals surface area contributed by atoms with Gasteiger partial charge in [-0.25, -0.2) is 0 Å². The maximum Gasteiger partial charge on any atom is 0.115 e. The fraction of sp³-hybridized carbons (Fsp3) is 0.200. The Morgan fingerprint density at radius 3 is 2.43 bits per heavy atom. The lowest BCUT2D eigenvalue weighted by Crippen LogP contribution is -1.97. The van der Waals surface area contributed by atoms with Crippen molar-refractivity contribution in [2.75, 3.05) is 5.73 Å². The molecule has 1 aromatic heterocycles. The lowest BCUT2D eigenvalue weighted by molar-refractivity contribution is 0.475. The van der Waals surface area contributed by atoms with Gasteiger partial charge in [0.1, 0.15) is 5.75 Å². The van der Waals surface area contributed by atoms with Gasteiger partial charge in [0.2, 0.25) is 0 Å². The highest BCUT2D eigenvalue weighted by atomic mass is 32.1. The molecule has 0 radical (unpaired) electrons. The minimum absolute atomic E-state index is 0.278. The highest BCUT2D eigenvalue weighted by Gasteiger charge is 2.15. The fourth-order valence-corrected chi connectivity index (χ4v) is 3.92. The van der Waals surface area contributed by atoms with Crippen LogP contribution in [-0.4, -0.2) is 5.11 Å². The van der Waals surface area contributed by atoms with Gasteiger partial charge in [-0.3, -0.25) is 0 Å². The predicted molar refractivity (Wildman–Crippen MR) is 100 cm³/mol. The van der Waals surface area contributed by atoms with E-state index in [0.29, 0.717) is 0 Å². The minimum atomic E-state index is 0.278. The third kappa shape index (κ3) is 3.10. The van der Waals surface area contributed by atoms with Gasteiger partial charge in [0, 0.05) is 16.1 Å². The molecule has 0 fully saturated rings. The highest BCUT2D eigenvalue weighted by molar-refractivity contribution is 7.13. The maximum absolute atomic E-state index is 9.57. The Kier molecular flexibility index (Phi) is 4.39. The molecule has 1 heterocycles. The molecule has 0 aliphatic heterocycles. The smallest absolute Gasteiger partial charge is 0.115 e. The van der Waals surface area contributed by atoms with Crippen molar-refractivity contribution in [1.82, 2.24) is 0 Å². The summed E-state index contributed by atoms with van der Waals surface area (Å²) in [6, 6.07) is 13.8. The molecule has 0 amide bonds. The molecule has 2 nitrogen and oxygen atoms in total. The van der Waals surface area contributed by atoms with E-state index >= 15 is 0 Å². The van der Waals surface area contributed by atoms with Gasteiger partial charge in [-0.2, -0.15) is 0 Å². The summed E-state index contributed by atoms with van der Waals surface area (Å²) in [6.45, 7) is 4.29. The fourth-order valence-electron chi connectivity index (χ4n) is 2.91. The lowest BCUT2D eigenvalue weighted by Gasteiger charge is -2.15. The Morgan fingerprint density at radius 2 is 1.83 bits per heavy atom. The summed E-state index contributed by atoms with van der Waals surface area (Å²) in [6.07, 6.45) is 2.10. The van der Waals surface area contributed by atoms with Crippen LogP contribution in [0.25, 0.3) is 21.6 Å². The first-order valence-electron chi connectivity index (χ1n) is 7.86. The van der Waals surface area contributed by atoms with Gasteiger partial charge >= 0.3 is 0 Å². The van der Waals surface area contributed by atoms with Crippen molar-refractivity contribution in [3.63, 3.8) is 0 Å². The lowest BCUT2D eigenvalue weighted by atomic mass is 9.92. The van der Waals surface area contributed by atoms with Gasteiger partial charge in [0.25, 0.3) is 0 Å². The number of rotatable bonds is 4. The van der Waals surface area contributed by atoms with Crippen LogP contribution in [0.5, 0.6) is 5.75 Å². The number of thiophene rings is 1. The molecule has 0 unspecified atom stereocenters. The minimum Gasteiger partial charge on any atom is -0.508 e. The third-order valence-electron chi connectivity index (χ3n) is 4.03. The standard InChI is InChI=1S/C20H21NOS/c1-3-4-14-11-17(15-5-7-16(22)8-6-15)19(18(21)12-14)20-13(2)9-10-23-20/h5-12,22H,3-4,21H2,1-2H3. The van der Waals surface area contributed by atoms with Crippen LogP contribution in [-0.2, 0) is 6.42 Å². The van der Waals surface area contributed by atoms with Gasteiger partial charge in [0.15, 0.2) is 0 Å². The molecule has 2 aromatic carbocycles. The van der Waals surface area contributed by atoms with Crippen molar-refractivity contribution in [1.29, 1.82) is 0 Å². The first-order valence-corrected chi connectivity index (χ1v) is 8.74. The largest absolute Gasteiger partial charge is 0.508 e. The van der Waals surface area contributed by atoms with Gasteiger partial charge < -0.3 is 10.8 Å². The zero-order valence-electron chi connectivity index (χ0n) is 13.5. The number of benzene rings is 2. The number of aryl methyl sites for hydroxylation is 2. The number of nitrogen functional groups attached to an aromatic ring is 1. The second-order valence-corrected chi connectivity index (χ2v) is 6.75. The number of aromatic hydroxyl groups is 1. The topological polar surface area (TPSA) is 46.2 Å². The Morgan fingerprint density at radius 1 is 1.09 bits per heavy atom. The molecule has 23 heavy (non-hydrogen) atoms. The molecule has 0 saturated carbocycles. The zero-order chi connectivity index (χ0) is 16.4. The van der Waals surface area contributed by atoms with Crippen LogP contribution in [0, 0.1) is 6.92 Å². The summed E-state index contributed by atoms with van der Waals surface area (Å²) in [7, 11) is 0. The average Bonchev–Trinajstić information content (AvgIpc) is 2.94. The van der Waals surface area contributed by atoms with Crippen molar-refractivity contribution < 1.29 is 5.11 Å². The van der Waals surface area contributed by atoms with E-state index in [1.165, 1.54) is 16.0 Å². The molecular formula is C20H21NOS. The molecule has 0 aliphatic carbocycles. The molecule has 3 heteroatoms. The number of phenols is 1. The Bertz CT molecular complexity index is 818. The summed E-state index contributed by atoms with van der Waals surface area (Å²) in [5.41, 5.74) is 13.1. The quantitative estimate of drug-likeness (QED) is 0.611. The van der Waals surface area contributed by atoms with E-state index in [0.717, 1.165) is 35.2 Å². The van der Waals surface area contributed by atoms with Crippen molar-refractivity contribution in [2.24, 2.45) is 0 Å². The van der Waals surface area contributed by atoms with Crippen LogP contribution in [0.15, 0.2) is 47.8 Å². The molecule has 0 saturated heterocycles. The second kappa shape index (κ2) is 6.47. The molecular weight excluding hydrogens is 302 g/mol. The number of nitrogens with two attached hydrogens (primary N) is 1. The third-order valence-corrected chi connectivity index (χ3v) is 5.07. The van der Waals surface area contributed by atoms with Gasteiger partial charge in [0.05, 0.1) is 0 Å². The zero-order valence-corrected chi connectivity index (χ0v) is 14.3. The molecule has 0 bridgehead atoms. The summed E-state index contributed by atoms with van der Waals surface area (Å²) < 4.78 is 0. The van der Waals surface area contributed by atoms with Crippen LogP contribution in [0.2, 0.25) is 0 Å². The molecule has 0 atom stereocenters. The normalized spacial score (nSPS) is 10.9. The molecule has 3 aromatic rings. The van der Waals surface area contributed by atoms with Crippen LogP contribution in [0.1, 0.15) is 24.5 Å². The SMILES string of the molecule is CCCc1cc(N)c(-c2sccc2C)c(-c2ccc(O)cc2)c1. The van der Waals surface area contributed by atoms with E-state index in [1.54, 1.807) is 23.5 Å². The first kappa shape index (κ1) is 15.6. The number of hydrogen-bond donors (Lipinski definition) is 2. The van der Waals surface area contributed by atoms with Gasteiger partial charge in [-0.1, -0.05) is 31.5 Å². The monoisotopic (exact) mass is 323 g/mol. The predicted octanol–water partition coefficient (Wildman–Crippen LogP) is 5.63. The summed E-state index contributed by atoms with van der Waals surface area (Å²) >= 11 is 1.72. The van der Waals surface area contributed by atoms with E-state index in [9.17, 15) is 5.11 Å². The van der Waals surface area contributed by atoms with E-state index in [1.807, 2.05) is 12.1 Å². The molecule has 0 spiro atoms. The number of hydrogen-bond acceptors (Lipinski definition) is 3. The van der Waals surface area contributed by atoms with E-state index < -0.39 is 0 Å². The van der Waals surface area contributed by atoms with Crippen LogP contribution in [0.4, 0.5) is 5.69 Å². The first-order chi connectivity index (χ1) is 11.1. The Labute approximate surface area is 141 Å². The van der Waals surface area contributed by atoms with Crippen LogP contribution < -0.4 is 5.73 Å². The molecule has 3 N–H and O–H groups in total. The summed E-state index contributed by atoms with van der Waals surface area (Å²) in [5, 5.41) is 11.7. The van der Waals surface area contributed by atoms with E-state index in [4.69, 9.17) is 5.73 Å². The van der Waals surface area contributed by atoms with Crippen molar-refractivity contribution in [2.45, 2.75) is 26.7 Å². The molecule has 0 aliphatic rings. The van der Waals surface area contributed by atoms with E-state index in [-0.39, 0.29) is 5.75 Å². The average molecular weight is 323 g/mol. The number of phenolic OH excluding ortho intramolecular Hbond substituents is 1. The maximum atomic E-state index is 9.57. The van der Waals surface area contributed by atoms with Crippen molar-refractivity contribution in [3.8, 4) is 27.3 Å². The van der Waals surface area contributed by atoms with Crippen molar-refractivity contribution in [3.05, 3.63) is 59.0 Å². The molecule has 118 valence electrons. The van der Waals surface area contributed by atoms with Crippen LogP contribution >= 0.6 is 11.3 Å². The van der Waals surface area contributed by atoms with Crippen LogP contribution in [0.3, 0.4) is 0 Å². The molecule has 3 rings (SSSR count). The summed E-state index contributed by atoms with van der Waals surface area (Å²) in [4.78, 5) is 1.22. The van der Waals surface area contributed by atoms with Crippen molar-refractivity contribution >= 4 is 17.0 Å². The van der Waals surface area contributed by atoms with Gasteiger partial charge in [-0.05, 0) is 65.2 Å². The Balaban J connectivity index is 2.25. The van der Waals surface area contributed by atoms with Gasteiger partial charge in [-0.15, -0.1) is 11.3 Å². The summed E-state index contributed by atoms with van der Waals surface area (Å²) in [5.74, 6) is 0.278. The highest BCUT2D eigenvalue weighted by Crippen LogP contribution is 2.42. The number of anilines is 1.